The minimum absolute atomic E-state index is 0.0975. The molecule has 0 fully saturated rings. The molecule has 2 rings (SSSR count). The minimum Gasteiger partial charge on any atom is -0.435 e. The van der Waals surface area contributed by atoms with Crippen molar-refractivity contribution in [1.82, 2.24) is 5.32 Å². The molecular weight excluding hydrogens is 300 g/mol. The van der Waals surface area contributed by atoms with E-state index in [1.807, 2.05) is 32.9 Å². The van der Waals surface area contributed by atoms with E-state index in [2.05, 4.69) is 10.1 Å². The number of hydrogen-bond donors (Lipinski definition) is 1. The Morgan fingerprint density at radius 1 is 1.09 bits per heavy atom. The summed E-state index contributed by atoms with van der Waals surface area (Å²) in [6.45, 7) is 3.29. The lowest BCUT2D eigenvalue weighted by Gasteiger charge is -2.12. The molecular formula is C18H19F2NO2. The van der Waals surface area contributed by atoms with Gasteiger partial charge in [0.25, 0.3) is 5.91 Å². The van der Waals surface area contributed by atoms with Crippen LogP contribution in [-0.2, 0) is 6.54 Å². The summed E-state index contributed by atoms with van der Waals surface area (Å²) in [5, 5.41) is 2.85. The standard InChI is InChI=1S/C18H19F2NO2/c1-11-8-12(2)16(13(3)9-11)17(22)21-10-14-4-6-15(7-5-14)23-18(19)20/h4-9,18H,10H2,1-3H3,(H,21,22). The first-order chi connectivity index (χ1) is 10.9. The Morgan fingerprint density at radius 2 is 1.65 bits per heavy atom. The first-order valence-electron chi connectivity index (χ1n) is 7.26. The van der Waals surface area contributed by atoms with Gasteiger partial charge in [0.1, 0.15) is 5.75 Å². The molecule has 0 saturated carbocycles. The molecule has 3 nitrogen and oxygen atoms in total. The molecule has 0 heterocycles. The predicted molar refractivity (Wildman–Crippen MR) is 84.9 cm³/mol. The number of carbonyl (C=O) groups excluding carboxylic acids is 1. The number of halogens is 2. The van der Waals surface area contributed by atoms with E-state index < -0.39 is 6.61 Å². The summed E-state index contributed by atoms with van der Waals surface area (Å²) < 4.78 is 28.5. The van der Waals surface area contributed by atoms with Crippen molar-refractivity contribution in [3.8, 4) is 5.75 Å². The third kappa shape index (κ3) is 4.52. The molecule has 0 radical (unpaired) electrons. The van der Waals surface area contributed by atoms with Crippen molar-refractivity contribution in [2.75, 3.05) is 0 Å². The molecule has 2 aromatic carbocycles. The van der Waals surface area contributed by atoms with Crippen LogP contribution in [0.3, 0.4) is 0 Å². The van der Waals surface area contributed by atoms with Crippen LogP contribution in [0.5, 0.6) is 5.75 Å². The van der Waals surface area contributed by atoms with Gasteiger partial charge in [-0.1, -0.05) is 29.8 Å². The normalized spacial score (nSPS) is 10.7. The molecule has 0 aliphatic rings. The van der Waals surface area contributed by atoms with E-state index in [1.165, 1.54) is 12.1 Å². The van der Waals surface area contributed by atoms with Crippen molar-refractivity contribution in [1.29, 1.82) is 0 Å². The van der Waals surface area contributed by atoms with E-state index >= 15 is 0 Å². The maximum Gasteiger partial charge on any atom is 0.387 e. The van der Waals surface area contributed by atoms with Gasteiger partial charge in [-0.25, -0.2) is 0 Å². The number of carbonyl (C=O) groups is 1. The zero-order valence-corrected chi connectivity index (χ0v) is 13.3. The molecule has 0 bridgehead atoms. The van der Waals surface area contributed by atoms with Gasteiger partial charge in [0.05, 0.1) is 0 Å². The maximum absolute atomic E-state index is 12.3. The fourth-order valence-corrected chi connectivity index (χ4v) is 2.60. The monoisotopic (exact) mass is 319 g/mol. The third-order valence-electron chi connectivity index (χ3n) is 3.51. The Hall–Kier alpha value is -2.43. The largest absolute Gasteiger partial charge is 0.435 e. The van der Waals surface area contributed by atoms with Crippen LogP contribution in [0.2, 0.25) is 0 Å². The van der Waals surface area contributed by atoms with Crippen LogP contribution in [0.4, 0.5) is 8.78 Å². The molecule has 1 amide bonds. The van der Waals surface area contributed by atoms with Gasteiger partial charge in [-0.3, -0.25) is 4.79 Å². The number of nitrogens with one attached hydrogen (secondary N) is 1. The van der Waals surface area contributed by atoms with Crippen molar-refractivity contribution in [3.05, 3.63) is 64.2 Å². The highest BCUT2D eigenvalue weighted by Gasteiger charge is 2.12. The highest BCUT2D eigenvalue weighted by molar-refractivity contribution is 5.97. The fourth-order valence-electron chi connectivity index (χ4n) is 2.60. The Kier molecular flexibility index (Phi) is 5.32. The second-order valence-electron chi connectivity index (χ2n) is 5.48. The molecule has 0 aliphatic carbocycles. The van der Waals surface area contributed by atoms with Gasteiger partial charge in [0.2, 0.25) is 0 Å². The van der Waals surface area contributed by atoms with Gasteiger partial charge in [-0.2, -0.15) is 8.78 Å². The highest BCUT2D eigenvalue weighted by Crippen LogP contribution is 2.17. The SMILES string of the molecule is Cc1cc(C)c(C(=O)NCc2ccc(OC(F)F)cc2)c(C)c1. The smallest absolute Gasteiger partial charge is 0.387 e. The number of benzene rings is 2. The third-order valence-corrected chi connectivity index (χ3v) is 3.51. The molecule has 0 aliphatic heterocycles. The average Bonchev–Trinajstić information content (AvgIpc) is 2.45. The first-order valence-corrected chi connectivity index (χ1v) is 7.26. The summed E-state index contributed by atoms with van der Waals surface area (Å²) in [6.07, 6.45) is 0. The van der Waals surface area contributed by atoms with E-state index in [4.69, 9.17) is 0 Å². The number of alkyl halides is 2. The number of ether oxygens (including phenoxy) is 1. The molecule has 5 heteroatoms. The second-order valence-corrected chi connectivity index (χ2v) is 5.48. The summed E-state index contributed by atoms with van der Waals surface area (Å²) in [4.78, 5) is 12.3. The Bertz CT molecular complexity index is 674. The van der Waals surface area contributed by atoms with Gasteiger partial charge in [0.15, 0.2) is 0 Å². The number of amides is 1. The Morgan fingerprint density at radius 3 is 2.17 bits per heavy atom. The van der Waals surface area contributed by atoms with E-state index in [1.54, 1.807) is 12.1 Å². The summed E-state index contributed by atoms with van der Waals surface area (Å²) in [5.41, 5.74) is 4.46. The van der Waals surface area contributed by atoms with Crippen molar-refractivity contribution in [3.63, 3.8) is 0 Å². The van der Waals surface area contributed by atoms with Crippen LogP contribution >= 0.6 is 0 Å². The summed E-state index contributed by atoms with van der Waals surface area (Å²) >= 11 is 0. The fraction of sp³-hybridized carbons (Fsp3) is 0.278. The zero-order chi connectivity index (χ0) is 17.0. The average molecular weight is 319 g/mol. The highest BCUT2D eigenvalue weighted by atomic mass is 19.3. The summed E-state index contributed by atoms with van der Waals surface area (Å²) in [6, 6.07) is 10.1. The lowest BCUT2D eigenvalue weighted by atomic mass is 9.99. The minimum atomic E-state index is -2.84. The summed E-state index contributed by atoms with van der Waals surface area (Å²) in [5.74, 6) is -0.0480. The predicted octanol–water partition coefficient (Wildman–Crippen LogP) is 4.14. The van der Waals surface area contributed by atoms with Crippen LogP contribution in [-0.4, -0.2) is 12.5 Å². The number of hydrogen-bond acceptors (Lipinski definition) is 2. The summed E-state index contributed by atoms with van der Waals surface area (Å²) in [7, 11) is 0. The topological polar surface area (TPSA) is 38.3 Å². The van der Waals surface area contributed by atoms with Gasteiger partial charge in [-0.05, 0) is 49.6 Å². The molecule has 23 heavy (non-hydrogen) atoms. The van der Waals surface area contributed by atoms with Gasteiger partial charge < -0.3 is 10.1 Å². The van der Waals surface area contributed by atoms with Crippen molar-refractivity contribution in [2.45, 2.75) is 33.9 Å². The zero-order valence-electron chi connectivity index (χ0n) is 13.3. The molecule has 2 aromatic rings. The van der Waals surface area contributed by atoms with Gasteiger partial charge in [-0.15, -0.1) is 0 Å². The van der Waals surface area contributed by atoms with E-state index in [0.717, 1.165) is 22.3 Å². The van der Waals surface area contributed by atoms with Gasteiger partial charge in [0, 0.05) is 12.1 Å². The number of rotatable bonds is 5. The quantitative estimate of drug-likeness (QED) is 0.899. The Balaban J connectivity index is 2.02. The second kappa shape index (κ2) is 7.22. The number of aryl methyl sites for hydroxylation is 3. The van der Waals surface area contributed by atoms with Crippen LogP contribution in [0, 0.1) is 20.8 Å². The lowest BCUT2D eigenvalue weighted by Crippen LogP contribution is -2.24. The molecule has 0 atom stereocenters. The van der Waals surface area contributed by atoms with Crippen molar-refractivity contribution >= 4 is 5.91 Å². The van der Waals surface area contributed by atoms with Crippen LogP contribution in [0.15, 0.2) is 36.4 Å². The van der Waals surface area contributed by atoms with E-state index in [0.29, 0.717) is 12.1 Å². The van der Waals surface area contributed by atoms with E-state index in [-0.39, 0.29) is 11.7 Å². The van der Waals surface area contributed by atoms with Crippen molar-refractivity contribution in [2.24, 2.45) is 0 Å². The van der Waals surface area contributed by atoms with Crippen LogP contribution < -0.4 is 10.1 Å². The van der Waals surface area contributed by atoms with Crippen molar-refractivity contribution < 1.29 is 18.3 Å². The maximum atomic E-state index is 12.3. The molecule has 0 aromatic heterocycles. The molecule has 0 unspecified atom stereocenters. The van der Waals surface area contributed by atoms with E-state index in [9.17, 15) is 13.6 Å². The molecule has 1 N–H and O–H groups in total. The Labute approximate surface area is 134 Å². The lowest BCUT2D eigenvalue weighted by molar-refractivity contribution is -0.0498. The molecule has 0 saturated heterocycles. The van der Waals surface area contributed by atoms with Gasteiger partial charge >= 0.3 is 6.61 Å². The molecule has 0 spiro atoms. The van der Waals surface area contributed by atoms with Crippen LogP contribution in [0.25, 0.3) is 0 Å². The van der Waals surface area contributed by atoms with Crippen LogP contribution in [0.1, 0.15) is 32.6 Å². The molecule has 122 valence electrons. The first kappa shape index (κ1) is 16.9.